The van der Waals surface area contributed by atoms with Crippen LogP contribution in [0.4, 0.5) is 5.69 Å². The number of hydrogen-bond donors (Lipinski definition) is 1. The van der Waals surface area contributed by atoms with Crippen molar-refractivity contribution in [2.24, 2.45) is 0 Å². The Bertz CT molecular complexity index is 482. The Kier molecular flexibility index (Phi) is 2.79. The minimum Gasteiger partial charge on any atom is -0.399 e. The van der Waals surface area contributed by atoms with Gasteiger partial charge >= 0.3 is 7.80 Å². The number of nitrogen functional groups attached to an aromatic ring is 1. The Balaban J connectivity index is 2.37. The topological polar surface area (TPSA) is 43.1 Å². The highest BCUT2D eigenvalue weighted by molar-refractivity contribution is 7.61. The van der Waals surface area contributed by atoms with E-state index in [9.17, 15) is 4.57 Å². The zero-order valence-electron chi connectivity index (χ0n) is 8.13. The molecule has 0 aromatic heterocycles. The third kappa shape index (κ3) is 2.23. The fourth-order valence-electron chi connectivity index (χ4n) is 1.36. The van der Waals surface area contributed by atoms with Crippen LogP contribution in [0.1, 0.15) is 0 Å². The zero-order valence-corrected chi connectivity index (χ0v) is 9.02. The zero-order chi connectivity index (χ0) is 10.7. The lowest BCUT2D eigenvalue weighted by atomic mass is 10.3. The molecule has 0 aliphatic carbocycles. The van der Waals surface area contributed by atoms with Crippen molar-refractivity contribution in [3.63, 3.8) is 0 Å². The molecule has 0 aliphatic rings. The van der Waals surface area contributed by atoms with Crippen molar-refractivity contribution in [1.29, 1.82) is 0 Å². The van der Waals surface area contributed by atoms with Gasteiger partial charge in [0, 0.05) is 11.8 Å². The predicted octanol–water partition coefficient (Wildman–Crippen LogP) is 2.05. The van der Waals surface area contributed by atoms with E-state index in [4.69, 9.17) is 5.73 Å². The highest BCUT2D eigenvalue weighted by Crippen LogP contribution is 2.19. The average Bonchev–Trinajstić information content (AvgIpc) is 2.29. The summed E-state index contributed by atoms with van der Waals surface area (Å²) in [7, 11) is -1.52. The highest BCUT2D eigenvalue weighted by atomic mass is 31.1. The molecule has 0 radical (unpaired) electrons. The van der Waals surface area contributed by atoms with Gasteiger partial charge in [-0.1, -0.05) is 28.8 Å². The molecule has 0 saturated heterocycles. The maximum absolute atomic E-state index is 12.1. The molecule has 74 valence electrons. The van der Waals surface area contributed by atoms with Crippen molar-refractivity contribution >= 4 is 24.1 Å². The largest absolute Gasteiger partial charge is 0.415 e. The summed E-state index contributed by atoms with van der Waals surface area (Å²) in [6, 6.07) is 16.6. The maximum Gasteiger partial charge on any atom is 0.415 e. The molecule has 15 heavy (non-hydrogen) atoms. The Morgan fingerprint density at radius 1 is 0.867 bits per heavy atom. The summed E-state index contributed by atoms with van der Waals surface area (Å²) in [6.45, 7) is 0. The first-order valence-electron chi connectivity index (χ1n) is 4.65. The van der Waals surface area contributed by atoms with Gasteiger partial charge in [-0.15, -0.1) is 0 Å². The number of anilines is 1. The molecule has 3 heteroatoms. The fraction of sp³-hybridized carbons (Fsp3) is 0. The van der Waals surface area contributed by atoms with Crippen molar-refractivity contribution in [2.45, 2.75) is 0 Å². The van der Waals surface area contributed by atoms with E-state index in [2.05, 4.69) is 0 Å². The minimum absolute atomic E-state index is 0.645. The van der Waals surface area contributed by atoms with Gasteiger partial charge in [-0.3, -0.25) is 0 Å². The van der Waals surface area contributed by atoms with Crippen LogP contribution in [0.15, 0.2) is 54.6 Å². The minimum atomic E-state index is -1.52. The molecule has 2 rings (SSSR count). The summed E-state index contributed by atoms with van der Waals surface area (Å²) in [6.07, 6.45) is 0. The van der Waals surface area contributed by atoms with E-state index >= 15 is 0 Å². The van der Waals surface area contributed by atoms with E-state index in [1.165, 1.54) is 0 Å². The molecule has 0 spiro atoms. The van der Waals surface area contributed by atoms with E-state index in [1.54, 1.807) is 12.1 Å². The first kappa shape index (κ1) is 9.88. The highest BCUT2D eigenvalue weighted by Gasteiger charge is 2.22. The van der Waals surface area contributed by atoms with E-state index in [1.807, 2.05) is 42.5 Å². The van der Waals surface area contributed by atoms with Crippen LogP contribution in [-0.4, -0.2) is 0 Å². The Morgan fingerprint density at radius 3 is 2.20 bits per heavy atom. The quantitative estimate of drug-likeness (QED) is 0.616. The maximum atomic E-state index is 12.1. The van der Waals surface area contributed by atoms with E-state index in [-0.39, 0.29) is 0 Å². The fourth-order valence-corrected chi connectivity index (χ4v) is 2.59. The second-order valence-corrected chi connectivity index (χ2v) is 4.85. The summed E-state index contributed by atoms with van der Waals surface area (Å²) in [5.74, 6) is 0. The second-order valence-electron chi connectivity index (χ2n) is 3.22. The summed E-state index contributed by atoms with van der Waals surface area (Å²) < 4.78 is 12.1. The van der Waals surface area contributed by atoms with Crippen molar-refractivity contribution in [1.82, 2.24) is 0 Å². The monoisotopic (exact) mass is 216 g/mol. The summed E-state index contributed by atoms with van der Waals surface area (Å²) >= 11 is 0. The summed E-state index contributed by atoms with van der Waals surface area (Å²) in [5, 5.41) is 1.61. The lowest BCUT2D eigenvalue weighted by Crippen LogP contribution is -2.06. The van der Waals surface area contributed by atoms with Crippen LogP contribution in [0.25, 0.3) is 0 Å². The summed E-state index contributed by atoms with van der Waals surface area (Å²) in [5.41, 5.74) is 6.29. The molecule has 0 aliphatic heterocycles. The van der Waals surface area contributed by atoms with Crippen LogP contribution in [-0.2, 0) is 4.57 Å². The standard InChI is InChI=1S/C12H11NOP/c13-10-5-4-8-12(9-10)15(14)11-6-2-1-3-7-11/h1-9H,13H2/q+1. The number of rotatable bonds is 2. The Labute approximate surface area is 89.5 Å². The van der Waals surface area contributed by atoms with Gasteiger partial charge in [-0.25, -0.2) is 0 Å². The molecular weight excluding hydrogens is 205 g/mol. The van der Waals surface area contributed by atoms with Crippen molar-refractivity contribution in [2.75, 3.05) is 5.73 Å². The molecular formula is C12H11NOP+. The van der Waals surface area contributed by atoms with Crippen LogP contribution < -0.4 is 16.3 Å². The first-order valence-corrected chi connectivity index (χ1v) is 5.91. The smallest absolute Gasteiger partial charge is 0.399 e. The molecule has 1 atom stereocenters. The third-order valence-electron chi connectivity index (χ3n) is 2.10. The van der Waals surface area contributed by atoms with Crippen molar-refractivity contribution < 1.29 is 4.57 Å². The lowest BCUT2D eigenvalue weighted by Gasteiger charge is -1.91. The molecule has 0 heterocycles. The van der Waals surface area contributed by atoms with E-state index < -0.39 is 7.80 Å². The van der Waals surface area contributed by atoms with Gasteiger partial charge < -0.3 is 5.73 Å². The number of nitrogens with two attached hydrogens (primary N) is 1. The van der Waals surface area contributed by atoms with Crippen LogP contribution in [0.2, 0.25) is 0 Å². The molecule has 0 fully saturated rings. The molecule has 2 aromatic rings. The predicted molar refractivity (Wildman–Crippen MR) is 64.2 cm³/mol. The average molecular weight is 216 g/mol. The van der Waals surface area contributed by atoms with Gasteiger partial charge in [-0.05, 0) is 24.3 Å². The van der Waals surface area contributed by atoms with Gasteiger partial charge in [0.25, 0.3) is 0 Å². The van der Waals surface area contributed by atoms with Crippen molar-refractivity contribution in [3.05, 3.63) is 54.6 Å². The molecule has 2 nitrogen and oxygen atoms in total. The Hall–Kier alpha value is -1.66. The van der Waals surface area contributed by atoms with E-state index in [0.29, 0.717) is 5.69 Å². The van der Waals surface area contributed by atoms with Gasteiger partial charge in [0.1, 0.15) is 0 Å². The van der Waals surface area contributed by atoms with Crippen LogP contribution in [0.5, 0.6) is 0 Å². The molecule has 0 bridgehead atoms. The molecule has 2 N–H and O–H groups in total. The first-order chi connectivity index (χ1) is 7.27. The third-order valence-corrected chi connectivity index (χ3v) is 3.61. The van der Waals surface area contributed by atoms with Gasteiger partial charge in [0.15, 0.2) is 10.6 Å². The SMILES string of the molecule is Nc1cccc([P+](=O)c2ccccc2)c1. The van der Waals surface area contributed by atoms with Crippen LogP contribution >= 0.6 is 7.80 Å². The molecule has 0 saturated carbocycles. The Morgan fingerprint density at radius 2 is 1.53 bits per heavy atom. The molecule has 0 amide bonds. The normalized spacial score (nSPS) is 11.1. The summed E-state index contributed by atoms with van der Waals surface area (Å²) in [4.78, 5) is 0. The van der Waals surface area contributed by atoms with Gasteiger partial charge in [0.05, 0.1) is 0 Å². The number of hydrogen-bond acceptors (Lipinski definition) is 2. The molecule has 1 unspecified atom stereocenters. The van der Waals surface area contributed by atoms with Gasteiger partial charge in [-0.2, -0.15) is 0 Å². The van der Waals surface area contributed by atoms with Crippen LogP contribution in [0.3, 0.4) is 0 Å². The van der Waals surface area contributed by atoms with E-state index in [0.717, 1.165) is 10.6 Å². The van der Waals surface area contributed by atoms with Crippen molar-refractivity contribution in [3.8, 4) is 0 Å². The lowest BCUT2D eigenvalue weighted by molar-refractivity contribution is 0.598. The van der Waals surface area contributed by atoms with Crippen LogP contribution in [0, 0.1) is 0 Å². The van der Waals surface area contributed by atoms with Gasteiger partial charge in [0.2, 0.25) is 0 Å². The number of benzene rings is 2. The second kappa shape index (κ2) is 4.24. The molecule has 2 aromatic carbocycles.